The first-order valence-corrected chi connectivity index (χ1v) is 6.14. The second kappa shape index (κ2) is 7.10. The van der Waals surface area contributed by atoms with Crippen molar-refractivity contribution < 1.29 is 14.7 Å². The van der Waals surface area contributed by atoms with Crippen LogP contribution in [0.4, 0.5) is 0 Å². The number of aliphatic carboxylic acids is 1. The molecule has 0 heterocycles. The highest BCUT2D eigenvalue weighted by molar-refractivity contribution is 5.93. The zero-order valence-electron chi connectivity index (χ0n) is 11.4. The highest BCUT2D eigenvalue weighted by Gasteiger charge is 2.17. The molecule has 0 aromatic heterocycles. The van der Waals surface area contributed by atoms with E-state index in [-0.39, 0.29) is 18.5 Å². The summed E-state index contributed by atoms with van der Waals surface area (Å²) in [7, 11) is 0. The maximum atomic E-state index is 11.9. The number of nitrogens with zero attached hydrogens (tertiary/aromatic N) is 2. The molecule has 1 N–H and O–H groups in total. The molecular formula is C15H16N2O3. The van der Waals surface area contributed by atoms with Crippen molar-refractivity contribution in [2.45, 2.75) is 19.9 Å². The molecule has 0 aliphatic rings. The lowest BCUT2D eigenvalue weighted by molar-refractivity contribution is -0.143. The molecule has 0 saturated heterocycles. The minimum Gasteiger partial charge on any atom is -0.480 e. The maximum absolute atomic E-state index is 11.9. The van der Waals surface area contributed by atoms with Crippen LogP contribution >= 0.6 is 0 Å². The smallest absolute Gasteiger partial charge is 0.323 e. The molecule has 0 unspecified atom stereocenters. The Morgan fingerprint density at radius 3 is 2.40 bits per heavy atom. The highest BCUT2D eigenvalue weighted by atomic mass is 16.4. The molecule has 104 valence electrons. The molecule has 5 nitrogen and oxygen atoms in total. The highest BCUT2D eigenvalue weighted by Crippen LogP contribution is 2.07. The second-order valence-electron chi connectivity index (χ2n) is 4.52. The van der Waals surface area contributed by atoms with Crippen LogP contribution in [0.2, 0.25) is 0 Å². The first-order chi connectivity index (χ1) is 9.43. The number of carbonyl (C=O) groups excluding carboxylic acids is 1. The Morgan fingerprint density at radius 1 is 1.35 bits per heavy atom. The summed E-state index contributed by atoms with van der Waals surface area (Å²) >= 11 is 0. The molecule has 0 bridgehead atoms. The first kappa shape index (κ1) is 15.4. The summed E-state index contributed by atoms with van der Waals surface area (Å²) in [6.45, 7) is 3.20. The van der Waals surface area contributed by atoms with Gasteiger partial charge in [-0.1, -0.05) is 12.1 Å². The van der Waals surface area contributed by atoms with Crippen molar-refractivity contribution in [1.29, 1.82) is 5.26 Å². The van der Waals surface area contributed by atoms with Crippen LogP contribution in [0.1, 0.15) is 25.0 Å². The van der Waals surface area contributed by atoms with Crippen molar-refractivity contribution in [3.63, 3.8) is 0 Å². The Kier molecular flexibility index (Phi) is 5.48. The maximum Gasteiger partial charge on any atom is 0.323 e. The third-order valence-electron chi connectivity index (χ3n) is 2.67. The molecular weight excluding hydrogens is 256 g/mol. The quantitative estimate of drug-likeness (QED) is 0.830. The van der Waals surface area contributed by atoms with Gasteiger partial charge in [0.1, 0.15) is 6.54 Å². The van der Waals surface area contributed by atoms with E-state index in [2.05, 4.69) is 0 Å². The Bertz CT molecular complexity index is 553. The van der Waals surface area contributed by atoms with E-state index >= 15 is 0 Å². The van der Waals surface area contributed by atoms with E-state index in [0.717, 1.165) is 5.56 Å². The molecule has 0 radical (unpaired) electrons. The third kappa shape index (κ3) is 4.58. The van der Waals surface area contributed by atoms with E-state index in [1.165, 1.54) is 11.0 Å². The van der Waals surface area contributed by atoms with Crippen molar-refractivity contribution in [2.24, 2.45) is 0 Å². The van der Waals surface area contributed by atoms with Crippen LogP contribution in [-0.4, -0.2) is 34.5 Å². The van der Waals surface area contributed by atoms with E-state index in [0.29, 0.717) is 5.56 Å². The van der Waals surface area contributed by atoms with Crippen LogP contribution in [0.25, 0.3) is 6.08 Å². The van der Waals surface area contributed by atoms with Crippen molar-refractivity contribution in [3.8, 4) is 6.07 Å². The normalized spacial score (nSPS) is 10.5. The number of amides is 1. The average molecular weight is 272 g/mol. The van der Waals surface area contributed by atoms with Gasteiger partial charge >= 0.3 is 5.97 Å². The topological polar surface area (TPSA) is 81.4 Å². The number of carboxylic acids is 1. The molecule has 0 spiro atoms. The predicted molar refractivity (Wildman–Crippen MR) is 74.7 cm³/mol. The molecule has 0 saturated carbocycles. The number of hydrogen-bond acceptors (Lipinski definition) is 3. The average Bonchev–Trinajstić information content (AvgIpc) is 2.42. The zero-order valence-corrected chi connectivity index (χ0v) is 11.4. The number of carbonyl (C=O) groups is 2. The van der Waals surface area contributed by atoms with Gasteiger partial charge in [0, 0.05) is 12.1 Å². The number of hydrogen-bond donors (Lipinski definition) is 1. The largest absolute Gasteiger partial charge is 0.480 e. The lowest BCUT2D eigenvalue weighted by Gasteiger charge is -2.23. The number of carboxylic acid groups (broad SMARTS) is 1. The summed E-state index contributed by atoms with van der Waals surface area (Å²) in [5, 5.41) is 17.5. The zero-order chi connectivity index (χ0) is 15.1. The monoisotopic (exact) mass is 272 g/mol. The number of benzene rings is 1. The standard InChI is InChI=1S/C15H16N2O3/c1-11(2)17(10-15(19)20)14(18)8-7-12-3-5-13(9-16)6-4-12/h3-8,11H,10H2,1-2H3,(H,19,20)/b8-7+. The molecule has 20 heavy (non-hydrogen) atoms. The van der Waals surface area contributed by atoms with Gasteiger partial charge in [-0.2, -0.15) is 5.26 Å². The van der Waals surface area contributed by atoms with Gasteiger partial charge < -0.3 is 10.0 Å². The molecule has 1 aromatic carbocycles. The molecule has 5 heteroatoms. The van der Waals surface area contributed by atoms with Crippen molar-refractivity contribution >= 4 is 18.0 Å². The third-order valence-corrected chi connectivity index (χ3v) is 2.67. The fraction of sp³-hybridized carbons (Fsp3) is 0.267. The molecule has 0 atom stereocenters. The summed E-state index contributed by atoms with van der Waals surface area (Å²) in [4.78, 5) is 23.9. The molecule has 1 rings (SSSR count). The van der Waals surface area contributed by atoms with Crippen LogP contribution in [0.15, 0.2) is 30.3 Å². The summed E-state index contributed by atoms with van der Waals surface area (Å²) in [6, 6.07) is 8.57. The SMILES string of the molecule is CC(C)N(CC(=O)O)C(=O)/C=C/c1ccc(C#N)cc1. The van der Waals surface area contributed by atoms with E-state index in [1.54, 1.807) is 44.2 Å². The van der Waals surface area contributed by atoms with Gasteiger partial charge in [0.15, 0.2) is 0 Å². The van der Waals surface area contributed by atoms with E-state index in [1.807, 2.05) is 6.07 Å². The molecule has 0 aliphatic carbocycles. The van der Waals surface area contributed by atoms with Crippen molar-refractivity contribution in [2.75, 3.05) is 6.54 Å². The first-order valence-electron chi connectivity index (χ1n) is 6.14. The van der Waals surface area contributed by atoms with Gasteiger partial charge in [-0.25, -0.2) is 0 Å². The van der Waals surface area contributed by atoms with Crippen molar-refractivity contribution in [3.05, 3.63) is 41.5 Å². The summed E-state index contributed by atoms with van der Waals surface area (Å²) in [6.07, 6.45) is 2.94. The minimum atomic E-state index is -1.04. The van der Waals surface area contributed by atoms with E-state index < -0.39 is 5.97 Å². The Labute approximate surface area is 117 Å². The molecule has 1 amide bonds. The Balaban J connectivity index is 2.78. The van der Waals surface area contributed by atoms with E-state index in [4.69, 9.17) is 10.4 Å². The fourth-order valence-electron chi connectivity index (χ4n) is 1.59. The van der Waals surface area contributed by atoms with Crippen LogP contribution in [0.3, 0.4) is 0 Å². The Hall–Kier alpha value is -2.61. The predicted octanol–water partition coefficient (Wildman–Crippen LogP) is 1.89. The van der Waals surface area contributed by atoms with Gasteiger partial charge in [-0.3, -0.25) is 9.59 Å². The summed E-state index contributed by atoms with van der Waals surface area (Å²) < 4.78 is 0. The molecule has 0 fully saturated rings. The Morgan fingerprint density at radius 2 is 1.95 bits per heavy atom. The minimum absolute atomic E-state index is 0.191. The molecule has 0 aliphatic heterocycles. The number of nitriles is 1. The molecule has 1 aromatic rings. The fourth-order valence-corrected chi connectivity index (χ4v) is 1.59. The van der Waals surface area contributed by atoms with E-state index in [9.17, 15) is 9.59 Å². The van der Waals surface area contributed by atoms with Gasteiger partial charge in [0.25, 0.3) is 0 Å². The number of rotatable bonds is 5. The van der Waals surface area contributed by atoms with Crippen LogP contribution < -0.4 is 0 Å². The van der Waals surface area contributed by atoms with Crippen LogP contribution in [0.5, 0.6) is 0 Å². The van der Waals surface area contributed by atoms with Gasteiger partial charge in [-0.05, 0) is 37.6 Å². The van der Waals surface area contributed by atoms with Crippen molar-refractivity contribution in [1.82, 2.24) is 4.90 Å². The lowest BCUT2D eigenvalue weighted by Crippen LogP contribution is -2.39. The lowest BCUT2D eigenvalue weighted by atomic mass is 10.1. The van der Waals surface area contributed by atoms with Gasteiger partial charge in [-0.15, -0.1) is 0 Å². The summed E-state index contributed by atoms with van der Waals surface area (Å²) in [5.74, 6) is -1.40. The van der Waals surface area contributed by atoms with Crippen LogP contribution in [-0.2, 0) is 9.59 Å². The van der Waals surface area contributed by atoms with Crippen LogP contribution in [0, 0.1) is 11.3 Å². The van der Waals surface area contributed by atoms with Gasteiger partial charge in [0.2, 0.25) is 5.91 Å². The second-order valence-corrected chi connectivity index (χ2v) is 4.52. The van der Waals surface area contributed by atoms with Gasteiger partial charge in [0.05, 0.1) is 11.6 Å². The summed E-state index contributed by atoms with van der Waals surface area (Å²) in [5.41, 5.74) is 1.32.